The van der Waals surface area contributed by atoms with Crippen molar-refractivity contribution in [1.29, 1.82) is 0 Å². The Kier molecular flexibility index (Phi) is 5.12. The average molecular weight is 283 g/mol. The summed E-state index contributed by atoms with van der Waals surface area (Å²) in [6.45, 7) is 3.25. The SMILES string of the molecule is COc1cccc(C(=O)CN(C)Cc2ccccc2C)c1. The number of rotatable bonds is 6. The predicted molar refractivity (Wildman–Crippen MR) is 84.8 cm³/mol. The van der Waals surface area contributed by atoms with Gasteiger partial charge >= 0.3 is 0 Å². The first-order valence-electron chi connectivity index (χ1n) is 7.00. The number of Topliss-reactive ketones (excluding diaryl/α,β-unsaturated/α-hetero) is 1. The number of hydrogen-bond donors (Lipinski definition) is 0. The number of carbonyl (C=O) groups excluding carboxylic acids is 1. The summed E-state index contributed by atoms with van der Waals surface area (Å²) in [5.74, 6) is 0.812. The van der Waals surface area contributed by atoms with Crippen molar-refractivity contribution in [3.8, 4) is 5.75 Å². The van der Waals surface area contributed by atoms with Crippen molar-refractivity contribution in [3.05, 3.63) is 65.2 Å². The minimum atomic E-state index is 0.102. The topological polar surface area (TPSA) is 29.5 Å². The summed E-state index contributed by atoms with van der Waals surface area (Å²) in [7, 11) is 3.57. The van der Waals surface area contributed by atoms with Crippen LogP contribution in [0.5, 0.6) is 5.75 Å². The maximum Gasteiger partial charge on any atom is 0.176 e. The molecule has 0 aliphatic rings. The lowest BCUT2D eigenvalue weighted by Gasteiger charge is -2.17. The van der Waals surface area contributed by atoms with Crippen LogP contribution < -0.4 is 4.74 Å². The molecule has 0 saturated carbocycles. The summed E-state index contributed by atoms with van der Waals surface area (Å²) in [5, 5.41) is 0. The highest BCUT2D eigenvalue weighted by Crippen LogP contribution is 2.14. The summed E-state index contributed by atoms with van der Waals surface area (Å²) in [4.78, 5) is 14.3. The second-order valence-electron chi connectivity index (χ2n) is 5.25. The molecule has 0 amide bonds. The largest absolute Gasteiger partial charge is 0.497 e. The number of benzene rings is 2. The van der Waals surface area contributed by atoms with E-state index in [0.29, 0.717) is 17.9 Å². The highest BCUT2D eigenvalue weighted by Gasteiger charge is 2.11. The van der Waals surface area contributed by atoms with E-state index >= 15 is 0 Å². The van der Waals surface area contributed by atoms with Gasteiger partial charge in [-0.2, -0.15) is 0 Å². The van der Waals surface area contributed by atoms with Gasteiger partial charge in [-0.15, -0.1) is 0 Å². The van der Waals surface area contributed by atoms with Crippen LogP contribution in [0.1, 0.15) is 21.5 Å². The van der Waals surface area contributed by atoms with E-state index in [1.165, 1.54) is 11.1 Å². The van der Waals surface area contributed by atoms with E-state index in [9.17, 15) is 4.79 Å². The zero-order valence-corrected chi connectivity index (χ0v) is 12.8. The first-order chi connectivity index (χ1) is 10.1. The summed E-state index contributed by atoms with van der Waals surface area (Å²) >= 11 is 0. The van der Waals surface area contributed by atoms with E-state index in [2.05, 4.69) is 19.1 Å². The molecule has 110 valence electrons. The van der Waals surface area contributed by atoms with Crippen molar-refractivity contribution in [2.45, 2.75) is 13.5 Å². The zero-order chi connectivity index (χ0) is 15.2. The third-order valence-electron chi connectivity index (χ3n) is 3.51. The van der Waals surface area contributed by atoms with E-state index in [1.807, 2.05) is 42.3 Å². The molecule has 3 heteroatoms. The predicted octanol–water partition coefficient (Wildman–Crippen LogP) is 3.32. The smallest absolute Gasteiger partial charge is 0.176 e. The lowest BCUT2D eigenvalue weighted by atomic mass is 10.1. The number of ether oxygens (including phenoxy) is 1. The maximum absolute atomic E-state index is 12.3. The first-order valence-corrected chi connectivity index (χ1v) is 7.00. The minimum Gasteiger partial charge on any atom is -0.497 e. The van der Waals surface area contributed by atoms with Crippen molar-refractivity contribution < 1.29 is 9.53 Å². The van der Waals surface area contributed by atoms with E-state index < -0.39 is 0 Å². The van der Waals surface area contributed by atoms with Crippen LogP contribution in [0.3, 0.4) is 0 Å². The summed E-state index contributed by atoms with van der Waals surface area (Å²) in [6.07, 6.45) is 0. The van der Waals surface area contributed by atoms with Gasteiger partial charge in [-0.1, -0.05) is 36.4 Å². The molecule has 0 aromatic heterocycles. The molecule has 0 saturated heterocycles. The summed E-state index contributed by atoms with van der Waals surface area (Å²) in [5.41, 5.74) is 3.18. The lowest BCUT2D eigenvalue weighted by molar-refractivity contribution is 0.0942. The number of nitrogens with zero attached hydrogens (tertiary/aromatic N) is 1. The Labute approximate surface area is 126 Å². The van der Waals surface area contributed by atoms with Gasteiger partial charge in [0.1, 0.15) is 5.75 Å². The maximum atomic E-state index is 12.3. The summed E-state index contributed by atoms with van der Waals surface area (Å²) < 4.78 is 5.16. The molecule has 0 radical (unpaired) electrons. The van der Waals surface area contributed by atoms with Gasteiger partial charge in [0.2, 0.25) is 0 Å². The molecule has 0 atom stereocenters. The van der Waals surface area contributed by atoms with Crippen LogP contribution in [0.2, 0.25) is 0 Å². The van der Waals surface area contributed by atoms with Crippen LogP contribution >= 0.6 is 0 Å². The molecule has 0 aliphatic heterocycles. The first kappa shape index (κ1) is 15.3. The van der Waals surface area contributed by atoms with E-state index in [1.54, 1.807) is 13.2 Å². The molecule has 0 bridgehead atoms. The number of hydrogen-bond acceptors (Lipinski definition) is 3. The average Bonchev–Trinajstić information content (AvgIpc) is 2.49. The van der Waals surface area contributed by atoms with Crippen molar-refractivity contribution >= 4 is 5.78 Å². The third kappa shape index (κ3) is 4.17. The Bertz CT molecular complexity index is 622. The van der Waals surface area contributed by atoms with Gasteiger partial charge in [0.15, 0.2) is 5.78 Å². The Morgan fingerprint density at radius 3 is 2.62 bits per heavy atom. The summed E-state index contributed by atoms with van der Waals surface area (Å²) in [6, 6.07) is 15.5. The molecule has 0 N–H and O–H groups in total. The van der Waals surface area contributed by atoms with Crippen molar-refractivity contribution in [3.63, 3.8) is 0 Å². The molecule has 21 heavy (non-hydrogen) atoms. The number of methoxy groups -OCH3 is 1. The highest BCUT2D eigenvalue weighted by atomic mass is 16.5. The van der Waals surface area contributed by atoms with Crippen LogP contribution in [0.4, 0.5) is 0 Å². The molecule has 2 aromatic rings. The van der Waals surface area contributed by atoms with Crippen molar-refractivity contribution in [1.82, 2.24) is 4.90 Å². The fourth-order valence-corrected chi connectivity index (χ4v) is 2.27. The van der Waals surface area contributed by atoms with Gasteiger partial charge in [0.05, 0.1) is 13.7 Å². The second kappa shape index (κ2) is 7.04. The van der Waals surface area contributed by atoms with Gasteiger partial charge < -0.3 is 4.74 Å². The Hall–Kier alpha value is -2.13. The Morgan fingerprint density at radius 1 is 1.14 bits per heavy atom. The van der Waals surface area contributed by atoms with Gasteiger partial charge in [-0.25, -0.2) is 0 Å². The van der Waals surface area contributed by atoms with Crippen LogP contribution in [-0.2, 0) is 6.54 Å². The van der Waals surface area contributed by atoms with E-state index in [-0.39, 0.29) is 5.78 Å². The fraction of sp³-hybridized carbons (Fsp3) is 0.278. The Balaban J connectivity index is 2.00. The molecular weight excluding hydrogens is 262 g/mol. The molecule has 0 unspecified atom stereocenters. The van der Waals surface area contributed by atoms with Crippen LogP contribution in [0.25, 0.3) is 0 Å². The number of ketones is 1. The number of carbonyl (C=O) groups is 1. The zero-order valence-electron chi connectivity index (χ0n) is 12.8. The van der Waals surface area contributed by atoms with E-state index in [0.717, 1.165) is 6.54 Å². The normalized spacial score (nSPS) is 10.7. The second-order valence-corrected chi connectivity index (χ2v) is 5.25. The molecular formula is C18H21NO2. The van der Waals surface area contributed by atoms with Gasteiger partial charge in [-0.05, 0) is 37.2 Å². The van der Waals surface area contributed by atoms with Gasteiger partial charge in [0.25, 0.3) is 0 Å². The molecule has 0 spiro atoms. The quantitative estimate of drug-likeness (QED) is 0.762. The molecule has 2 aromatic carbocycles. The van der Waals surface area contributed by atoms with Crippen LogP contribution in [-0.4, -0.2) is 31.4 Å². The molecule has 0 heterocycles. The fourth-order valence-electron chi connectivity index (χ4n) is 2.27. The molecule has 2 rings (SSSR count). The molecule has 0 fully saturated rings. The van der Waals surface area contributed by atoms with Crippen LogP contribution in [0.15, 0.2) is 48.5 Å². The Morgan fingerprint density at radius 2 is 1.90 bits per heavy atom. The third-order valence-corrected chi connectivity index (χ3v) is 3.51. The standard InChI is InChI=1S/C18H21NO2/c1-14-7-4-5-8-16(14)12-19(2)13-18(20)15-9-6-10-17(11-15)21-3/h4-11H,12-13H2,1-3H3. The van der Waals surface area contributed by atoms with Gasteiger partial charge in [-0.3, -0.25) is 9.69 Å². The molecule has 3 nitrogen and oxygen atoms in total. The molecule has 0 aliphatic carbocycles. The monoisotopic (exact) mass is 283 g/mol. The van der Waals surface area contributed by atoms with Crippen molar-refractivity contribution in [2.75, 3.05) is 20.7 Å². The lowest BCUT2D eigenvalue weighted by Crippen LogP contribution is -2.26. The van der Waals surface area contributed by atoms with Gasteiger partial charge in [0, 0.05) is 12.1 Å². The highest BCUT2D eigenvalue weighted by molar-refractivity contribution is 5.97. The van der Waals surface area contributed by atoms with Crippen molar-refractivity contribution in [2.24, 2.45) is 0 Å². The minimum absolute atomic E-state index is 0.102. The van der Waals surface area contributed by atoms with Crippen LogP contribution in [0, 0.1) is 6.92 Å². The number of aryl methyl sites for hydroxylation is 1. The van der Waals surface area contributed by atoms with E-state index in [4.69, 9.17) is 4.74 Å². The number of likely N-dealkylation sites (N-methyl/N-ethyl adjacent to an activating group) is 1.